The van der Waals surface area contributed by atoms with Crippen molar-refractivity contribution in [1.29, 1.82) is 0 Å². The topological polar surface area (TPSA) is 80.0 Å². The molecule has 2 aromatic rings. The number of hydrogen-bond donors (Lipinski definition) is 2. The number of hydrogen-bond acceptors (Lipinski definition) is 4. The van der Waals surface area contributed by atoms with E-state index in [4.69, 9.17) is 11.6 Å². The number of carbonyl (C=O) groups is 1. The number of nitrogens with one attached hydrogen (secondary N) is 1. The summed E-state index contributed by atoms with van der Waals surface area (Å²) in [5.41, 5.74) is 1.11. The van der Waals surface area contributed by atoms with Crippen LogP contribution in [0.3, 0.4) is 0 Å². The summed E-state index contributed by atoms with van der Waals surface area (Å²) in [5.74, 6) is -0.156. The Morgan fingerprint density at radius 1 is 1.48 bits per heavy atom. The zero-order valence-electron chi connectivity index (χ0n) is 11.7. The molecule has 2 rings (SSSR count). The second kappa shape index (κ2) is 7.19. The van der Waals surface area contributed by atoms with Crippen molar-refractivity contribution < 1.29 is 9.90 Å². The fourth-order valence-electron chi connectivity index (χ4n) is 1.78. The highest BCUT2D eigenvalue weighted by atomic mass is 35.5. The van der Waals surface area contributed by atoms with Gasteiger partial charge in [0.15, 0.2) is 0 Å². The third-order valence-electron chi connectivity index (χ3n) is 3.00. The van der Waals surface area contributed by atoms with E-state index >= 15 is 0 Å². The van der Waals surface area contributed by atoms with Crippen LogP contribution >= 0.6 is 11.6 Å². The SMILES string of the molecule is CCC(O)c1cn(CCC(=O)Nc2ccccc2Cl)nn1. The predicted molar refractivity (Wildman–Crippen MR) is 80.0 cm³/mol. The zero-order valence-corrected chi connectivity index (χ0v) is 12.4. The number of para-hydroxylation sites is 1. The summed E-state index contributed by atoms with van der Waals surface area (Å²) in [4.78, 5) is 11.9. The molecule has 0 saturated carbocycles. The fourth-order valence-corrected chi connectivity index (χ4v) is 1.96. The lowest BCUT2D eigenvalue weighted by molar-refractivity contribution is -0.116. The molecule has 21 heavy (non-hydrogen) atoms. The Balaban J connectivity index is 1.87. The molecule has 0 aliphatic rings. The zero-order chi connectivity index (χ0) is 15.2. The van der Waals surface area contributed by atoms with Crippen LogP contribution in [0, 0.1) is 0 Å². The minimum Gasteiger partial charge on any atom is -0.387 e. The largest absolute Gasteiger partial charge is 0.387 e. The van der Waals surface area contributed by atoms with Gasteiger partial charge in [-0.05, 0) is 18.6 Å². The first-order valence-corrected chi connectivity index (χ1v) is 7.10. The van der Waals surface area contributed by atoms with E-state index in [2.05, 4.69) is 15.6 Å². The Kier molecular flexibility index (Phi) is 5.30. The van der Waals surface area contributed by atoms with Crippen LogP contribution in [0.15, 0.2) is 30.5 Å². The summed E-state index contributed by atoms with van der Waals surface area (Å²) in [6.07, 6.45) is 1.86. The van der Waals surface area contributed by atoms with Crippen LogP contribution in [0.5, 0.6) is 0 Å². The average molecular weight is 309 g/mol. The molecular formula is C14H17ClN4O2. The molecule has 112 valence electrons. The van der Waals surface area contributed by atoms with Gasteiger partial charge in [0.25, 0.3) is 0 Å². The van der Waals surface area contributed by atoms with E-state index in [0.717, 1.165) is 0 Å². The van der Waals surface area contributed by atoms with Crippen molar-refractivity contribution in [2.24, 2.45) is 0 Å². The summed E-state index contributed by atoms with van der Waals surface area (Å²) >= 11 is 5.97. The van der Waals surface area contributed by atoms with Crippen molar-refractivity contribution in [1.82, 2.24) is 15.0 Å². The molecule has 2 N–H and O–H groups in total. The molecule has 0 radical (unpaired) electrons. The van der Waals surface area contributed by atoms with Gasteiger partial charge in [-0.15, -0.1) is 5.10 Å². The second-order valence-electron chi connectivity index (χ2n) is 4.61. The van der Waals surface area contributed by atoms with Crippen LogP contribution < -0.4 is 5.32 Å². The van der Waals surface area contributed by atoms with Crippen molar-refractivity contribution in [3.05, 3.63) is 41.2 Å². The first-order valence-electron chi connectivity index (χ1n) is 6.72. The maximum absolute atomic E-state index is 11.9. The van der Waals surface area contributed by atoms with Gasteiger partial charge in [-0.1, -0.05) is 35.9 Å². The maximum Gasteiger partial charge on any atom is 0.226 e. The van der Waals surface area contributed by atoms with E-state index in [0.29, 0.717) is 29.4 Å². The van der Waals surface area contributed by atoms with Crippen LogP contribution in [0.25, 0.3) is 0 Å². The third kappa shape index (κ3) is 4.27. The quantitative estimate of drug-likeness (QED) is 0.858. The predicted octanol–water partition coefficient (Wildman–Crippen LogP) is 2.40. The first kappa shape index (κ1) is 15.5. The van der Waals surface area contributed by atoms with Gasteiger partial charge in [0.2, 0.25) is 5.91 Å². The fraction of sp³-hybridized carbons (Fsp3) is 0.357. The normalized spacial score (nSPS) is 12.1. The van der Waals surface area contributed by atoms with Gasteiger partial charge in [-0.2, -0.15) is 0 Å². The summed E-state index contributed by atoms with van der Waals surface area (Å²) in [7, 11) is 0. The highest BCUT2D eigenvalue weighted by Crippen LogP contribution is 2.20. The molecule has 1 unspecified atom stereocenters. The lowest BCUT2D eigenvalue weighted by Gasteiger charge is -2.06. The minimum atomic E-state index is -0.615. The van der Waals surface area contributed by atoms with Crippen LogP contribution in [0.1, 0.15) is 31.6 Å². The summed E-state index contributed by atoms with van der Waals surface area (Å²) in [6.45, 7) is 2.25. The van der Waals surface area contributed by atoms with Gasteiger partial charge in [-0.3, -0.25) is 9.48 Å². The molecule has 0 saturated heterocycles. The number of aromatic nitrogens is 3. The van der Waals surface area contributed by atoms with Crippen molar-refractivity contribution in [3.8, 4) is 0 Å². The van der Waals surface area contributed by atoms with Crippen molar-refractivity contribution in [2.45, 2.75) is 32.4 Å². The summed E-state index contributed by atoms with van der Waals surface area (Å²) < 4.78 is 1.54. The molecule has 1 atom stereocenters. The first-order chi connectivity index (χ1) is 10.1. The monoisotopic (exact) mass is 308 g/mol. The molecule has 1 amide bonds. The molecule has 0 spiro atoms. The molecule has 1 aromatic heterocycles. The van der Waals surface area contributed by atoms with Gasteiger partial charge in [-0.25, -0.2) is 0 Å². The third-order valence-corrected chi connectivity index (χ3v) is 3.33. The Morgan fingerprint density at radius 3 is 2.95 bits per heavy atom. The smallest absolute Gasteiger partial charge is 0.226 e. The van der Waals surface area contributed by atoms with E-state index in [9.17, 15) is 9.90 Å². The number of carbonyl (C=O) groups excluding carboxylic acids is 1. The molecule has 6 nitrogen and oxygen atoms in total. The maximum atomic E-state index is 11.9. The molecular weight excluding hydrogens is 292 g/mol. The van der Waals surface area contributed by atoms with E-state index in [-0.39, 0.29) is 12.3 Å². The highest BCUT2D eigenvalue weighted by Gasteiger charge is 2.11. The van der Waals surface area contributed by atoms with E-state index < -0.39 is 6.10 Å². The van der Waals surface area contributed by atoms with Gasteiger partial charge in [0.1, 0.15) is 5.69 Å². The lowest BCUT2D eigenvalue weighted by atomic mass is 10.2. The molecule has 0 aliphatic carbocycles. The molecule has 0 fully saturated rings. The standard InChI is InChI=1S/C14H17ClN4O2/c1-2-13(20)12-9-19(18-17-12)8-7-14(21)16-11-6-4-3-5-10(11)15/h3-6,9,13,20H,2,7-8H2,1H3,(H,16,21). The molecule has 0 aliphatic heterocycles. The Bertz CT molecular complexity index is 615. The Hall–Kier alpha value is -1.92. The van der Waals surface area contributed by atoms with Gasteiger partial charge < -0.3 is 10.4 Å². The second-order valence-corrected chi connectivity index (χ2v) is 5.02. The van der Waals surface area contributed by atoms with Crippen LogP contribution in [0.4, 0.5) is 5.69 Å². The van der Waals surface area contributed by atoms with Crippen LogP contribution in [0.2, 0.25) is 5.02 Å². The number of halogens is 1. The summed E-state index contributed by atoms with van der Waals surface area (Å²) in [5, 5.41) is 20.6. The van der Waals surface area contributed by atoms with Crippen LogP contribution in [-0.4, -0.2) is 26.0 Å². The van der Waals surface area contributed by atoms with E-state index in [1.54, 1.807) is 35.1 Å². The summed E-state index contributed by atoms with van der Waals surface area (Å²) in [6, 6.07) is 7.06. The van der Waals surface area contributed by atoms with Crippen LogP contribution in [-0.2, 0) is 11.3 Å². The van der Waals surface area contributed by atoms with Gasteiger partial charge in [0, 0.05) is 6.42 Å². The number of aliphatic hydroxyl groups is 1. The Morgan fingerprint density at radius 2 is 2.24 bits per heavy atom. The number of benzene rings is 1. The molecule has 7 heteroatoms. The highest BCUT2D eigenvalue weighted by molar-refractivity contribution is 6.33. The minimum absolute atomic E-state index is 0.156. The van der Waals surface area contributed by atoms with E-state index in [1.807, 2.05) is 6.92 Å². The number of aliphatic hydroxyl groups excluding tert-OH is 1. The average Bonchev–Trinajstić information content (AvgIpc) is 2.96. The van der Waals surface area contributed by atoms with E-state index in [1.165, 1.54) is 0 Å². The van der Waals surface area contributed by atoms with Crippen molar-refractivity contribution >= 4 is 23.2 Å². The molecule has 1 aromatic carbocycles. The van der Waals surface area contributed by atoms with Gasteiger partial charge in [0.05, 0.1) is 29.6 Å². The number of rotatable bonds is 6. The molecule has 1 heterocycles. The van der Waals surface area contributed by atoms with Crippen molar-refractivity contribution in [2.75, 3.05) is 5.32 Å². The van der Waals surface area contributed by atoms with Crippen molar-refractivity contribution in [3.63, 3.8) is 0 Å². The number of amides is 1. The lowest BCUT2D eigenvalue weighted by Crippen LogP contribution is -2.15. The number of nitrogens with zero attached hydrogens (tertiary/aromatic N) is 3. The number of aryl methyl sites for hydroxylation is 1. The Labute approximate surface area is 127 Å². The number of anilines is 1. The molecule has 0 bridgehead atoms. The van der Waals surface area contributed by atoms with Gasteiger partial charge >= 0.3 is 0 Å².